The Hall–Kier alpha value is -2.24. The largest absolute Gasteiger partial charge is 0.507 e. The SMILES string of the molecule is CCCC(C)(NC(=O)c1ccc(OC)cc1O)C(=O)O. The molecule has 1 amide bonds. The molecular weight excluding hydrogens is 262 g/mol. The van der Waals surface area contributed by atoms with E-state index >= 15 is 0 Å². The Kier molecular flexibility index (Phi) is 4.96. The quantitative estimate of drug-likeness (QED) is 0.738. The highest BCUT2D eigenvalue weighted by atomic mass is 16.5. The molecule has 1 rings (SSSR count). The number of carbonyl (C=O) groups excluding carboxylic acids is 1. The lowest BCUT2D eigenvalue weighted by molar-refractivity contribution is -0.144. The molecule has 0 saturated carbocycles. The van der Waals surface area contributed by atoms with Crippen molar-refractivity contribution in [2.45, 2.75) is 32.2 Å². The first kappa shape index (κ1) is 15.8. The minimum atomic E-state index is -1.36. The van der Waals surface area contributed by atoms with Crippen molar-refractivity contribution in [1.82, 2.24) is 5.32 Å². The second-order valence-corrected chi connectivity index (χ2v) is 4.72. The third-order valence-corrected chi connectivity index (χ3v) is 3.06. The van der Waals surface area contributed by atoms with Crippen LogP contribution in [-0.2, 0) is 4.79 Å². The Bertz CT molecular complexity index is 514. The number of nitrogens with one attached hydrogen (secondary N) is 1. The number of carbonyl (C=O) groups is 2. The molecule has 110 valence electrons. The lowest BCUT2D eigenvalue weighted by Crippen LogP contribution is -2.52. The maximum Gasteiger partial charge on any atom is 0.329 e. The van der Waals surface area contributed by atoms with E-state index in [4.69, 9.17) is 4.74 Å². The van der Waals surface area contributed by atoms with Gasteiger partial charge in [-0.1, -0.05) is 13.3 Å². The van der Waals surface area contributed by atoms with Gasteiger partial charge in [0.05, 0.1) is 12.7 Å². The van der Waals surface area contributed by atoms with Crippen molar-refractivity contribution < 1.29 is 24.5 Å². The van der Waals surface area contributed by atoms with Gasteiger partial charge in [-0.05, 0) is 25.5 Å². The highest BCUT2D eigenvalue weighted by Gasteiger charge is 2.34. The van der Waals surface area contributed by atoms with Crippen molar-refractivity contribution in [3.05, 3.63) is 23.8 Å². The van der Waals surface area contributed by atoms with E-state index in [1.54, 1.807) is 0 Å². The predicted molar refractivity (Wildman–Crippen MR) is 73.1 cm³/mol. The van der Waals surface area contributed by atoms with Gasteiger partial charge in [-0.3, -0.25) is 4.79 Å². The van der Waals surface area contributed by atoms with Crippen molar-refractivity contribution >= 4 is 11.9 Å². The van der Waals surface area contributed by atoms with Gasteiger partial charge in [-0.2, -0.15) is 0 Å². The Balaban J connectivity index is 2.98. The first-order chi connectivity index (χ1) is 9.34. The zero-order chi connectivity index (χ0) is 15.3. The van der Waals surface area contributed by atoms with Crippen LogP contribution in [0.3, 0.4) is 0 Å². The highest BCUT2D eigenvalue weighted by molar-refractivity contribution is 5.99. The van der Waals surface area contributed by atoms with E-state index in [1.807, 2.05) is 6.92 Å². The molecule has 0 aliphatic heterocycles. The summed E-state index contributed by atoms with van der Waals surface area (Å²) in [6.45, 7) is 3.27. The fourth-order valence-corrected chi connectivity index (χ4v) is 1.87. The van der Waals surface area contributed by atoms with Crippen LogP contribution in [0.2, 0.25) is 0 Å². The van der Waals surface area contributed by atoms with Crippen LogP contribution in [0.1, 0.15) is 37.0 Å². The van der Waals surface area contributed by atoms with Gasteiger partial charge in [0.25, 0.3) is 5.91 Å². The van der Waals surface area contributed by atoms with Crippen LogP contribution in [0.25, 0.3) is 0 Å². The van der Waals surface area contributed by atoms with E-state index in [2.05, 4.69) is 5.32 Å². The van der Waals surface area contributed by atoms with Gasteiger partial charge in [-0.25, -0.2) is 4.79 Å². The number of methoxy groups -OCH3 is 1. The maximum atomic E-state index is 12.1. The van der Waals surface area contributed by atoms with Gasteiger partial charge in [0, 0.05) is 6.07 Å². The number of hydrogen-bond acceptors (Lipinski definition) is 4. The smallest absolute Gasteiger partial charge is 0.329 e. The van der Waals surface area contributed by atoms with E-state index in [0.29, 0.717) is 18.6 Å². The molecule has 0 heterocycles. The number of benzene rings is 1. The normalized spacial score (nSPS) is 13.3. The zero-order valence-corrected chi connectivity index (χ0v) is 11.8. The summed E-state index contributed by atoms with van der Waals surface area (Å²) in [6.07, 6.45) is 0.905. The molecule has 6 nitrogen and oxygen atoms in total. The summed E-state index contributed by atoms with van der Waals surface area (Å²) in [6, 6.07) is 4.21. The molecule has 0 fully saturated rings. The van der Waals surface area contributed by atoms with Gasteiger partial charge in [0.15, 0.2) is 0 Å². The average Bonchev–Trinajstić information content (AvgIpc) is 2.38. The van der Waals surface area contributed by atoms with Crippen molar-refractivity contribution in [1.29, 1.82) is 0 Å². The lowest BCUT2D eigenvalue weighted by atomic mass is 9.95. The van der Waals surface area contributed by atoms with Crippen molar-refractivity contribution in [2.24, 2.45) is 0 Å². The number of carboxylic acid groups (broad SMARTS) is 1. The Morgan fingerprint density at radius 1 is 1.40 bits per heavy atom. The predicted octanol–water partition coefficient (Wildman–Crippen LogP) is 1.77. The van der Waals surface area contributed by atoms with E-state index < -0.39 is 17.4 Å². The highest BCUT2D eigenvalue weighted by Crippen LogP contribution is 2.24. The van der Waals surface area contributed by atoms with Crippen molar-refractivity contribution in [3.63, 3.8) is 0 Å². The molecule has 0 radical (unpaired) electrons. The molecule has 6 heteroatoms. The first-order valence-corrected chi connectivity index (χ1v) is 6.27. The third kappa shape index (κ3) is 3.40. The number of amides is 1. The number of carboxylic acids is 1. The molecule has 0 spiro atoms. The summed E-state index contributed by atoms with van der Waals surface area (Å²) >= 11 is 0. The van der Waals surface area contributed by atoms with E-state index in [-0.39, 0.29) is 11.3 Å². The Morgan fingerprint density at radius 3 is 2.50 bits per heavy atom. The molecule has 0 aromatic heterocycles. The van der Waals surface area contributed by atoms with E-state index in [1.165, 1.54) is 32.2 Å². The van der Waals surface area contributed by atoms with Crippen LogP contribution in [0.4, 0.5) is 0 Å². The summed E-state index contributed by atoms with van der Waals surface area (Å²) in [5.74, 6) is -1.59. The van der Waals surface area contributed by atoms with Crippen molar-refractivity contribution in [3.8, 4) is 11.5 Å². The molecule has 1 aromatic rings. The number of aromatic hydroxyl groups is 1. The van der Waals surface area contributed by atoms with Gasteiger partial charge < -0.3 is 20.3 Å². The monoisotopic (exact) mass is 281 g/mol. The molecule has 1 unspecified atom stereocenters. The number of ether oxygens (including phenoxy) is 1. The fourth-order valence-electron chi connectivity index (χ4n) is 1.87. The van der Waals surface area contributed by atoms with Gasteiger partial charge in [0.2, 0.25) is 0 Å². The number of hydrogen-bond donors (Lipinski definition) is 3. The Morgan fingerprint density at radius 2 is 2.05 bits per heavy atom. The van der Waals surface area contributed by atoms with Crippen LogP contribution in [0, 0.1) is 0 Å². The van der Waals surface area contributed by atoms with Crippen LogP contribution in [0.5, 0.6) is 11.5 Å². The average molecular weight is 281 g/mol. The summed E-state index contributed by atoms with van der Waals surface area (Å²) in [7, 11) is 1.44. The summed E-state index contributed by atoms with van der Waals surface area (Å²) < 4.78 is 4.92. The lowest BCUT2D eigenvalue weighted by Gasteiger charge is -2.26. The molecule has 0 bridgehead atoms. The number of aliphatic carboxylic acids is 1. The maximum absolute atomic E-state index is 12.1. The standard InChI is InChI=1S/C14H19NO5/c1-4-7-14(2,13(18)19)15-12(17)10-6-5-9(20-3)8-11(10)16/h5-6,8,16H,4,7H2,1-3H3,(H,15,17)(H,18,19). The third-order valence-electron chi connectivity index (χ3n) is 3.06. The zero-order valence-electron chi connectivity index (χ0n) is 11.8. The summed E-state index contributed by atoms with van der Waals surface area (Å²) in [4.78, 5) is 23.4. The second-order valence-electron chi connectivity index (χ2n) is 4.72. The van der Waals surface area contributed by atoms with Crippen molar-refractivity contribution in [2.75, 3.05) is 7.11 Å². The molecule has 1 atom stereocenters. The molecule has 0 aliphatic rings. The molecule has 0 aliphatic carbocycles. The van der Waals surface area contributed by atoms with Gasteiger partial charge in [0.1, 0.15) is 17.0 Å². The minimum Gasteiger partial charge on any atom is -0.507 e. The summed E-state index contributed by atoms with van der Waals surface area (Å²) in [5, 5.41) is 21.4. The Labute approximate surface area is 117 Å². The van der Waals surface area contributed by atoms with Crippen LogP contribution in [-0.4, -0.2) is 34.7 Å². The molecule has 1 aromatic carbocycles. The number of phenolic OH excluding ortho intramolecular Hbond substituents is 1. The topological polar surface area (TPSA) is 95.9 Å². The van der Waals surface area contributed by atoms with Gasteiger partial charge >= 0.3 is 5.97 Å². The van der Waals surface area contributed by atoms with Gasteiger partial charge in [-0.15, -0.1) is 0 Å². The van der Waals surface area contributed by atoms with Crippen LogP contribution < -0.4 is 10.1 Å². The number of phenols is 1. The molecule has 0 saturated heterocycles. The summed E-state index contributed by atoms with van der Waals surface area (Å²) in [5.41, 5.74) is -1.35. The minimum absolute atomic E-state index is 0.00868. The second kappa shape index (κ2) is 6.27. The van der Waals surface area contributed by atoms with E-state index in [0.717, 1.165) is 0 Å². The fraction of sp³-hybridized carbons (Fsp3) is 0.429. The van der Waals surface area contributed by atoms with Crippen LogP contribution >= 0.6 is 0 Å². The van der Waals surface area contributed by atoms with E-state index in [9.17, 15) is 19.8 Å². The molecule has 3 N–H and O–H groups in total. The molecule has 20 heavy (non-hydrogen) atoms. The van der Waals surface area contributed by atoms with Crippen LogP contribution in [0.15, 0.2) is 18.2 Å². The molecular formula is C14H19NO5. The first-order valence-electron chi connectivity index (χ1n) is 6.27. The number of rotatable bonds is 6.